The van der Waals surface area contributed by atoms with E-state index in [9.17, 15) is 9.59 Å². The van der Waals surface area contributed by atoms with E-state index in [-0.39, 0.29) is 30.3 Å². The van der Waals surface area contributed by atoms with Gasteiger partial charge in [0.05, 0.1) is 12.6 Å². The van der Waals surface area contributed by atoms with Gasteiger partial charge in [0.1, 0.15) is 12.4 Å². The fourth-order valence-electron chi connectivity index (χ4n) is 5.11. The summed E-state index contributed by atoms with van der Waals surface area (Å²) in [5.41, 5.74) is 2.38. The van der Waals surface area contributed by atoms with Gasteiger partial charge in [0.15, 0.2) is 0 Å². The van der Waals surface area contributed by atoms with E-state index < -0.39 is 0 Å². The lowest BCUT2D eigenvalue weighted by atomic mass is 10.00. The number of benzene rings is 1. The Morgan fingerprint density at radius 2 is 1.91 bits per heavy atom. The van der Waals surface area contributed by atoms with E-state index in [1.165, 1.54) is 16.0 Å². The van der Waals surface area contributed by atoms with E-state index in [0.29, 0.717) is 25.6 Å². The Kier molecular flexibility index (Phi) is 8.30. The predicted molar refractivity (Wildman–Crippen MR) is 137 cm³/mol. The minimum atomic E-state index is -0.129. The van der Waals surface area contributed by atoms with E-state index in [1.54, 1.807) is 11.3 Å². The Labute approximate surface area is 208 Å². The summed E-state index contributed by atoms with van der Waals surface area (Å²) in [7, 11) is 0. The van der Waals surface area contributed by atoms with Gasteiger partial charge < -0.3 is 14.5 Å². The molecule has 34 heavy (non-hydrogen) atoms. The van der Waals surface area contributed by atoms with Crippen molar-refractivity contribution in [2.24, 2.45) is 11.8 Å². The summed E-state index contributed by atoms with van der Waals surface area (Å²) < 4.78 is 6.15. The molecule has 2 amide bonds. The highest BCUT2D eigenvalue weighted by Gasteiger charge is 2.35. The second kappa shape index (κ2) is 11.4. The Morgan fingerprint density at radius 3 is 2.62 bits per heavy atom. The lowest BCUT2D eigenvalue weighted by molar-refractivity contribution is -0.145. The lowest BCUT2D eigenvalue weighted by Crippen LogP contribution is -2.49. The van der Waals surface area contributed by atoms with Crippen LogP contribution < -0.4 is 4.74 Å². The van der Waals surface area contributed by atoms with Gasteiger partial charge in [-0.15, -0.1) is 11.3 Å². The van der Waals surface area contributed by atoms with Crippen molar-refractivity contribution in [2.75, 3.05) is 26.2 Å². The average Bonchev–Trinajstić information content (AvgIpc) is 3.54. The monoisotopic (exact) mass is 482 g/mol. The van der Waals surface area contributed by atoms with Gasteiger partial charge >= 0.3 is 0 Å². The van der Waals surface area contributed by atoms with E-state index >= 15 is 0 Å². The normalized spacial score (nSPS) is 19.0. The number of carbonyl (C=O) groups excluding carboxylic acids is 2. The van der Waals surface area contributed by atoms with Gasteiger partial charge in [-0.1, -0.05) is 50.8 Å². The number of nitrogens with zero attached hydrogens (tertiary/aromatic N) is 2. The second-order valence-corrected chi connectivity index (χ2v) is 11.0. The molecular formula is C28H38N2O3S. The number of aryl methyl sites for hydroxylation is 1. The molecule has 184 valence electrons. The minimum absolute atomic E-state index is 0.0315. The summed E-state index contributed by atoms with van der Waals surface area (Å²) in [6.07, 6.45) is 6.01. The van der Waals surface area contributed by atoms with Gasteiger partial charge in [-0.3, -0.25) is 9.59 Å². The van der Waals surface area contributed by atoms with Crippen molar-refractivity contribution in [3.05, 3.63) is 51.7 Å². The van der Waals surface area contributed by atoms with Crippen LogP contribution in [-0.4, -0.2) is 47.9 Å². The van der Waals surface area contributed by atoms with Gasteiger partial charge in [0.25, 0.3) is 0 Å². The van der Waals surface area contributed by atoms with Crippen LogP contribution in [-0.2, 0) is 16.0 Å². The molecule has 0 spiro atoms. The van der Waals surface area contributed by atoms with Crippen LogP contribution in [0.4, 0.5) is 0 Å². The summed E-state index contributed by atoms with van der Waals surface area (Å²) in [6, 6.07) is 10.0. The van der Waals surface area contributed by atoms with Crippen molar-refractivity contribution in [1.29, 1.82) is 0 Å². The standard InChI is InChI=1S/C28H38N2O3S/c1-4-20(2)17-29(28(32)22-7-5-6-8-22)18-27(31)30-15-13-26-24(14-16-34-26)25(30)19-33-23-11-9-21(3)10-12-23/h9-12,14,16,20,22,25H,4-8,13,15,17-19H2,1-3H3. The smallest absolute Gasteiger partial charge is 0.242 e. The fourth-order valence-corrected chi connectivity index (χ4v) is 6.04. The van der Waals surface area contributed by atoms with Crippen LogP contribution in [0.15, 0.2) is 35.7 Å². The maximum Gasteiger partial charge on any atom is 0.242 e. The molecule has 0 N–H and O–H groups in total. The Balaban J connectivity index is 1.49. The molecule has 4 rings (SSSR count). The Hall–Kier alpha value is -2.34. The third-order valence-corrected chi connectivity index (χ3v) is 8.41. The molecule has 2 aliphatic rings. The molecule has 1 aromatic carbocycles. The molecule has 2 aromatic rings. The van der Waals surface area contributed by atoms with E-state index in [1.807, 2.05) is 34.1 Å². The molecule has 0 radical (unpaired) electrons. The molecule has 1 aromatic heterocycles. The Morgan fingerprint density at radius 1 is 1.18 bits per heavy atom. The number of hydrogen-bond acceptors (Lipinski definition) is 4. The van der Waals surface area contributed by atoms with Crippen molar-refractivity contribution >= 4 is 23.2 Å². The first kappa shape index (κ1) is 24.8. The number of ether oxygens (including phenoxy) is 1. The zero-order valence-corrected chi connectivity index (χ0v) is 21.6. The molecule has 1 fully saturated rings. The number of rotatable bonds is 9. The average molecular weight is 483 g/mol. The maximum absolute atomic E-state index is 13.7. The summed E-state index contributed by atoms with van der Waals surface area (Å²) in [4.78, 5) is 32.1. The third-order valence-electron chi connectivity index (χ3n) is 7.42. The van der Waals surface area contributed by atoms with Crippen LogP contribution in [0, 0.1) is 18.8 Å². The van der Waals surface area contributed by atoms with Crippen LogP contribution in [0.3, 0.4) is 0 Å². The molecule has 1 saturated carbocycles. The molecule has 0 saturated heterocycles. The minimum Gasteiger partial charge on any atom is -0.491 e. The van der Waals surface area contributed by atoms with Crippen molar-refractivity contribution < 1.29 is 14.3 Å². The van der Waals surface area contributed by atoms with Crippen molar-refractivity contribution in [3.8, 4) is 5.75 Å². The SMILES string of the molecule is CCC(C)CN(CC(=O)N1CCc2sccc2C1COc1ccc(C)cc1)C(=O)C1CCCC1. The third kappa shape index (κ3) is 5.83. The van der Waals surface area contributed by atoms with Crippen molar-refractivity contribution in [1.82, 2.24) is 9.80 Å². The lowest BCUT2D eigenvalue weighted by Gasteiger charge is -2.37. The highest BCUT2D eigenvalue weighted by atomic mass is 32.1. The highest BCUT2D eigenvalue weighted by Crippen LogP contribution is 2.34. The maximum atomic E-state index is 13.7. The number of thiophene rings is 1. The van der Waals surface area contributed by atoms with Gasteiger partial charge in [-0.05, 0) is 61.2 Å². The summed E-state index contributed by atoms with van der Waals surface area (Å²) in [5, 5.41) is 2.11. The predicted octanol–water partition coefficient (Wildman–Crippen LogP) is 5.63. The van der Waals surface area contributed by atoms with Crippen LogP contribution in [0.2, 0.25) is 0 Å². The van der Waals surface area contributed by atoms with Crippen LogP contribution in [0.1, 0.15) is 68.0 Å². The topological polar surface area (TPSA) is 49.9 Å². The largest absolute Gasteiger partial charge is 0.491 e. The molecule has 1 aliphatic carbocycles. The first-order valence-corrected chi connectivity index (χ1v) is 13.7. The molecule has 2 atom stereocenters. The Bertz CT molecular complexity index is 964. The molecule has 0 bridgehead atoms. The van der Waals surface area contributed by atoms with Crippen LogP contribution >= 0.6 is 11.3 Å². The summed E-state index contributed by atoms with van der Waals surface area (Å²) in [6.45, 7) is 8.27. The summed E-state index contributed by atoms with van der Waals surface area (Å²) in [5.74, 6) is 1.48. The van der Waals surface area contributed by atoms with Gasteiger partial charge in [0, 0.05) is 23.9 Å². The first-order chi connectivity index (χ1) is 16.5. The zero-order valence-electron chi connectivity index (χ0n) is 20.8. The van der Waals surface area contributed by atoms with E-state index in [0.717, 1.165) is 44.3 Å². The number of carbonyl (C=O) groups is 2. The summed E-state index contributed by atoms with van der Waals surface area (Å²) >= 11 is 1.76. The number of amides is 2. The fraction of sp³-hybridized carbons (Fsp3) is 0.571. The van der Waals surface area contributed by atoms with E-state index in [4.69, 9.17) is 4.74 Å². The van der Waals surface area contributed by atoms with Gasteiger partial charge in [-0.2, -0.15) is 0 Å². The number of fused-ring (bicyclic) bond motifs is 1. The van der Waals surface area contributed by atoms with E-state index in [2.05, 4.69) is 32.2 Å². The molecule has 6 heteroatoms. The van der Waals surface area contributed by atoms with Crippen LogP contribution in [0.25, 0.3) is 0 Å². The van der Waals surface area contributed by atoms with Crippen LogP contribution in [0.5, 0.6) is 5.75 Å². The molecule has 2 unspecified atom stereocenters. The van der Waals surface area contributed by atoms with Crippen molar-refractivity contribution in [3.63, 3.8) is 0 Å². The van der Waals surface area contributed by atoms with Gasteiger partial charge in [-0.25, -0.2) is 0 Å². The first-order valence-electron chi connectivity index (χ1n) is 12.8. The molecule has 2 heterocycles. The second-order valence-electron chi connectivity index (χ2n) is 9.99. The highest BCUT2D eigenvalue weighted by molar-refractivity contribution is 7.10. The molecule has 5 nitrogen and oxygen atoms in total. The quantitative estimate of drug-likeness (QED) is 0.466. The zero-order chi connectivity index (χ0) is 24.1. The van der Waals surface area contributed by atoms with Gasteiger partial charge in [0.2, 0.25) is 11.8 Å². The molecule has 1 aliphatic heterocycles. The van der Waals surface area contributed by atoms with Crippen molar-refractivity contribution in [2.45, 2.75) is 65.3 Å². The molecular weight excluding hydrogens is 444 g/mol. The number of hydrogen-bond donors (Lipinski definition) is 0.